The Balaban J connectivity index is 2.95. The van der Waals surface area contributed by atoms with Crippen LogP contribution in [-0.4, -0.2) is 16.3 Å². The van der Waals surface area contributed by atoms with Gasteiger partial charge in [-0.1, -0.05) is 6.92 Å². The smallest absolute Gasteiger partial charge is 0.104 e. The number of rotatable bonds is 3. The van der Waals surface area contributed by atoms with E-state index in [4.69, 9.17) is 5.73 Å². The average Bonchev–Trinajstić information content (AvgIpc) is 2.46. The van der Waals surface area contributed by atoms with Gasteiger partial charge in [0.1, 0.15) is 4.60 Å². The Morgan fingerprint density at radius 1 is 1.54 bits per heavy atom. The number of nitrogens with zero attached hydrogens (tertiary/aromatic N) is 2. The maximum Gasteiger partial charge on any atom is 0.104 e. The van der Waals surface area contributed by atoms with E-state index in [1.54, 1.807) is 0 Å². The zero-order valence-electron chi connectivity index (χ0n) is 8.29. The highest BCUT2D eigenvalue weighted by Crippen LogP contribution is 2.21. The van der Waals surface area contributed by atoms with E-state index in [1.165, 1.54) is 0 Å². The summed E-state index contributed by atoms with van der Waals surface area (Å²) in [5.41, 5.74) is 6.63. The van der Waals surface area contributed by atoms with Gasteiger partial charge in [-0.15, -0.1) is 0 Å². The van der Waals surface area contributed by atoms with Crippen molar-refractivity contribution in [2.24, 2.45) is 5.73 Å². The maximum atomic E-state index is 5.57. The molecule has 1 atom stereocenters. The third-order valence-corrected chi connectivity index (χ3v) is 2.65. The van der Waals surface area contributed by atoms with E-state index in [0.29, 0.717) is 18.5 Å². The molecule has 1 aromatic heterocycles. The van der Waals surface area contributed by atoms with E-state index in [-0.39, 0.29) is 0 Å². The predicted molar refractivity (Wildman–Crippen MR) is 57.8 cm³/mol. The molecule has 0 spiro atoms. The number of halogens is 1. The molecule has 1 heterocycles. The molecule has 0 aliphatic rings. The van der Waals surface area contributed by atoms with Gasteiger partial charge in [0.25, 0.3) is 0 Å². The lowest BCUT2D eigenvalue weighted by molar-refractivity contribution is 0.511. The molecule has 0 aromatic carbocycles. The average molecular weight is 246 g/mol. The monoisotopic (exact) mass is 245 g/mol. The van der Waals surface area contributed by atoms with Crippen molar-refractivity contribution in [3.05, 3.63) is 16.4 Å². The second-order valence-corrected chi connectivity index (χ2v) is 4.38. The molecule has 0 aliphatic carbocycles. The summed E-state index contributed by atoms with van der Waals surface area (Å²) in [7, 11) is 0. The zero-order chi connectivity index (χ0) is 10.0. The minimum atomic E-state index is 0.330. The fourth-order valence-corrected chi connectivity index (χ4v) is 1.84. The third kappa shape index (κ3) is 2.31. The maximum absolute atomic E-state index is 5.57. The Morgan fingerprint density at radius 3 is 2.54 bits per heavy atom. The van der Waals surface area contributed by atoms with E-state index in [2.05, 4.69) is 41.8 Å². The van der Waals surface area contributed by atoms with E-state index in [1.807, 2.05) is 10.7 Å². The van der Waals surface area contributed by atoms with Crippen LogP contribution in [-0.2, 0) is 0 Å². The van der Waals surface area contributed by atoms with Crippen LogP contribution in [0.15, 0.2) is 10.7 Å². The van der Waals surface area contributed by atoms with Gasteiger partial charge in [-0.2, -0.15) is 5.10 Å². The molecule has 1 aromatic rings. The molecule has 1 rings (SSSR count). The normalized spacial score (nSPS) is 13.7. The molecule has 0 radical (unpaired) electrons. The minimum Gasteiger partial charge on any atom is -0.330 e. The summed E-state index contributed by atoms with van der Waals surface area (Å²) in [5, 5.41) is 4.47. The topological polar surface area (TPSA) is 43.8 Å². The fourth-order valence-electron chi connectivity index (χ4n) is 1.11. The second-order valence-electron chi connectivity index (χ2n) is 3.57. The molecule has 2 N–H and O–H groups in total. The van der Waals surface area contributed by atoms with Crippen molar-refractivity contribution >= 4 is 15.9 Å². The highest BCUT2D eigenvalue weighted by atomic mass is 79.9. The van der Waals surface area contributed by atoms with Gasteiger partial charge in [0.15, 0.2) is 0 Å². The molecule has 0 amide bonds. The molecule has 0 aliphatic heterocycles. The molecule has 13 heavy (non-hydrogen) atoms. The number of aromatic nitrogens is 2. The van der Waals surface area contributed by atoms with Gasteiger partial charge >= 0.3 is 0 Å². The Bertz CT molecular complexity index is 280. The lowest BCUT2D eigenvalue weighted by Crippen LogP contribution is -2.10. The lowest BCUT2D eigenvalue weighted by atomic mass is 10.1. The summed E-state index contributed by atoms with van der Waals surface area (Å²) in [4.78, 5) is 0. The van der Waals surface area contributed by atoms with Crippen LogP contribution in [0.2, 0.25) is 0 Å². The second kappa shape index (κ2) is 4.24. The van der Waals surface area contributed by atoms with Gasteiger partial charge in [0.05, 0.1) is 5.69 Å². The van der Waals surface area contributed by atoms with Crippen molar-refractivity contribution in [1.29, 1.82) is 0 Å². The van der Waals surface area contributed by atoms with E-state index >= 15 is 0 Å². The summed E-state index contributed by atoms with van der Waals surface area (Å²) in [6, 6.07) is 2.42. The van der Waals surface area contributed by atoms with Crippen LogP contribution in [0, 0.1) is 0 Å². The van der Waals surface area contributed by atoms with E-state index < -0.39 is 0 Å². The van der Waals surface area contributed by atoms with Gasteiger partial charge in [-0.3, -0.25) is 4.68 Å². The first-order valence-corrected chi connectivity index (χ1v) is 5.30. The van der Waals surface area contributed by atoms with Crippen LogP contribution in [0.3, 0.4) is 0 Å². The molecule has 1 unspecified atom stereocenters. The van der Waals surface area contributed by atoms with Crippen LogP contribution in [0.1, 0.15) is 38.4 Å². The molecule has 0 bridgehead atoms. The van der Waals surface area contributed by atoms with Crippen LogP contribution in [0.4, 0.5) is 0 Å². The zero-order valence-corrected chi connectivity index (χ0v) is 9.87. The van der Waals surface area contributed by atoms with Crippen molar-refractivity contribution in [2.45, 2.75) is 32.7 Å². The Morgan fingerprint density at radius 2 is 2.15 bits per heavy atom. The molecule has 0 fully saturated rings. The van der Waals surface area contributed by atoms with Crippen molar-refractivity contribution in [3.63, 3.8) is 0 Å². The largest absolute Gasteiger partial charge is 0.330 e. The molecular formula is C9H16BrN3. The van der Waals surface area contributed by atoms with Gasteiger partial charge < -0.3 is 5.73 Å². The SMILES string of the molecule is CC(CN)c1cc(Br)n(C(C)C)n1. The molecular weight excluding hydrogens is 230 g/mol. The van der Waals surface area contributed by atoms with Crippen LogP contribution in [0.5, 0.6) is 0 Å². The highest BCUT2D eigenvalue weighted by molar-refractivity contribution is 9.10. The van der Waals surface area contributed by atoms with Crippen LogP contribution < -0.4 is 5.73 Å². The standard InChI is InChI=1S/C9H16BrN3/c1-6(2)13-9(10)4-8(12-13)7(3)5-11/h4,6-7H,5,11H2,1-3H3. The molecule has 3 nitrogen and oxygen atoms in total. The number of nitrogens with two attached hydrogens (primary N) is 1. The highest BCUT2D eigenvalue weighted by Gasteiger charge is 2.12. The van der Waals surface area contributed by atoms with Crippen molar-refractivity contribution in [3.8, 4) is 0 Å². The molecule has 4 heteroatoms. The summed E-state index contributed by atoms with van der Waals surface area (Å²) < 4.78 is 2.99. The van der Waals surface area contributed by atoms with Crippen molar-refractivity contribution in [1.82, 2.24) is 9.78 Å². The van der Waals surface area contributed by atoms with Gasteiger partial charge in [0.2, 0.25) is 0 Å². The predicted octanol–water partition coefficient (Wildman–Crippen LogP) is 2.29. The lowest BCUT2D eigenvalue weighted by Gasteiger charge is -2.07. The summed E-state index contributed by atoms with van der Waals surface area (Å²) in [5.74, 6) is 0.330. The Kier molecular flexibility index (Phi) is 3.50. The number of hydrogen-bond donors (Lipinski definition) is 1. The first kappa shape index (κ1) is 10.7. The first-order chi connectivity index (χ1) is 6.06. The molecule has 0 saturated heterocycles. The van der Waals surface area contributed by atoms with Gasteiger partial charge in [0, 0.05) is 18.5 Å². The number of hydrogen-bond acceptors (Lipinski definition) is 2. The first-order valence-electron chi connectivity index (χ1n) is 4.51. The minimum absolute atomic E-state index is 0.330. The van der Waals surface area contributed by atoms with E-state index in [0.717, 1.165) is 10.3 Å². The van der Waals surface area contributed by atoms with Crippen LogP contribution >= 0.6 is 15.9 Å². The van der Waals surface area contributed by atoms with Crippen molar-refractivity contribution < 1.29 is 0 Å². The van der Waals surface area contributed by atoms with Crippen LogP contribution in [0.25, 0.3) is 0 Å². The summed E-state index contributed by atoms with van der Waals surface area (Å²) >= 11 is 3.47. The van der Waals surface area contributed by atoms with Crippen molar-refractivity contribution in [2.75, 3.05) is 6.54 Å². The Hall–Kier alpha value is -0.350. The summed E-state index contributed by atoms with van der Waals surface area (Å²) in [6.45, 7) is 6.93. The third-order valence-electron chi connectivity index (χ3n) is 2.06. The summed E-state index contributed by atoms with van der Waals surface area (Å²) in [6.07, 6.45) is 0. The molecule has 74 valence electrons. The fraction of sp³-hybridized carbons (Fsp3) is 0.667. The van der Waals surface area contributed by atoms with E-state index in [9.17, 15) is 0 Å². The quantitative estimate of drug-likeness (QED) is 0.889. The molecule has 0 saturated carbocycles. The van der Waals surface area contributed by atoms with Gasteiger partial charge in [-0.05, 0) is 35.8 Å². The Labute approximate surface area is 87.4 Å². The van der Waals surface area contributed by atoms with Gasteiger partial charge in [-0.25, -0.2) is 0 Å².